The highest BCUT2D eigenvalue weighted by Crippen LogP contribution is 2.32. The first-order chi connectivity index (χ1) is 6.25. The highest BCUT2D eigenvalue weighted by Gasteiger charge is 2.15. The van der Waals surface area contributed by atoms with Crippen molar-refractivity contribution >= 4 is 22.5 Å². The van der Waals surface area contributed by atoms with Crippen molar-refractivity contribution in [2.75, 3.05) is 0 Å². The quantitative estimate of drug-likeness (QED) is 0.742. The van der Waals surface area contributed by atoms with Crippen LogP contribution < -0.4 is 0 Å². The van der Waals surface area contributed by atoms with E-state index in [1.54, 1.807) is 18.2 Å². The molecule has 13 heavy (non-hydrogen) atoms. The molecule has 0 aliphatic carbocycles. The van der Waals surface area contributed by atoms with Gasteiger partial charge in [0, 0.05) is 6.42 Å². The van der Waals surface area contributed by atoms with Gasteiger partial charge in [0.05, 0.1) is 0 Å². The van der Waals surface area contributed by atoms with Gasteiger partial charge in [-0.05, 0) is 28.7 Å². The van der Waals surface area contributed by atoms with Crippen LogP contribution in [0, 0.1) is 0 Å². The normalized spacial score (nSPS) is 16.0. The molecule has 0 atom stereocenters. The van der Waals surface area contributed by atoms with Gasteiger partial charge in [0.15, 0.2) is 5.12 Å². The Balaban J connectivity index is 2.31. The molecule has 3 heteroatoms. The van der Waals surface area contributed by atoms with Crippen LogP contribution in [0.2, 0.25) is 0 Å². The van der Waals surface area contributed by atoms with E-state index in [9.17, 15) is 9.90 Å². The third-order valence-electron chi connectivity index (χ3n) is 1.88. The Morgan fingerprint density at radius 1 is 1.38 bits per heavy atom. The molecule has 0 radical (unpaired) electrons. The van der Waals surface area contributed by atoms with Crippen LogP contribution in [0.5, 0.6) is 5.75 Å². The van der Waals surface area contributed by atoms with Crippen molar-refractivity contribution in [3.05, 3.63) is 35.2 Å². The van der Waals surface area contributed by atoms with Crippen molar-refractivity contribution in [3.63, 3.8) is 0 Å². The molecule has 1 aliphatic heterocycles. The summed E-state index contributed by atoms with van der Waals surface area (Å²) in [6.45, 7) is 0. The first-order valence-corrected chi connectivity index (χ1v) is 4.81. The Labute approximate surface area is 80.3 Å². The second-order valence-electron chi connectivity index (χ2n) is 2.86. The van der Waals surface area contributed by atoms with E-state index in [1.165, 1.54) is 11.8 Å². The van der Waals surface area contributed by atoms with Crippen LogP contribution in [-0.4, -0.2) is 10.2 Å². The minimum Gasteiger partial charge on any atom is -0.508 e. The third kappa shape index (κ3) is 1.75. The summed E-state index contributed by atoms with van der Waals surface area (Å²) in [5, 5.41) is 11.2. The molecule has 1 aromatic carbocycles. The highest BCUT2D eigenvalue weighted by atomic mass is 32.2. The summed E-state index contributed by atoms with van der Waals surface area (Å²) in [6, 6.07) is 6.96. The minimum absolute atomic E-state index is 0.165. The maximum absolute atomic E-state index is 11.0. The molecule has 0 amide bonds. The summed E-state index contributed by atoms with van der Waals surface area (Å²) in [6.07, 6.45) is 0.466. The van der Waals surface area contributed by atoms with Gasteiger partial charge in [0.25, 0.3) is 0 Å². The van der Waals surface area contributed by atoms with Gasteiger partial charge in [-0.1, -0.05) is 23.9 Å². The first kappa shape index (κ1) is 8.38. The smallest absolute Gasteiger partial charge is 0.197 e. The largest absolute Gasteiger partial charge is 0.508 e. The molecule has 2 nitrogen and oxygen atoms in total. The first-order valence-electron chi connectivity index (χ1n) is 3.93. The van der Waals surface area contributed by atoms with Crippen LogP contribution >= 0.6 is 11.8 Å². The Bertz CT molecular complexity index is 382. The van der Waals surface area contributed by atoms with Crippen LogP contribution in [0.15, 0.2) is 29.7 Å². The van der Waals surface area contributed by atoms with Gasteiger partial charge in [0.1, 0.15) is 5.75 Å². The number of carbonyl (C=O) groups excluding carboxylic acids is 1. The maximum atomic E-state index is 11.0. The number of thioether (sulfide) groups is 1. The van der Waals surface area contributed by atoms with Gasteiger partial charge >= 0.3 is 0 Å². The molecule has 1 heterocycles. The lowest BCUT2D eigenvalue weighted by Gasteiger charge is -2.00. The average Bonchev–Trinajstić information content (AvgIpc) is 2.52. The molecule has 0 saturated heterocycles. The zero-order chi connectivity index (χ0) is 9.26. The highest BCUT2D eigenvalue weighted by molar-refractivity contribution is 8.16. The number of benzene rings is 1. The van der Waals surface area contributed by atoms with Gasteiger partial charge in [-0.25, -0.2) is 0 Å². The lowest BCUT2D eigenvalue weighted by molar-refractivity contribution is -0.109. The number of hydrogen-bond donors (Lipinski definition) is 1. The molecule has 0 aromatic heterocycles. The zero-order valence-electron chi connectivity index (χ0n) is 6.86. The Morgan fingerprint density at radius 2 is 2.23 bits per heavy atom. The summed E-state index contributed by atoms with van der Waals surface area (Å²) in [5.41, 5.74) is 1.92. The average molecular weight is 192 g/mol. The Morgan fingerprint density at radius 3 is 2.85 bits per heavy atom. The van der Waals surface area contributed by atoms with Gasteiger partial charge in [-0.2, -0.15) is 0 Å². The molecule has 66 valence electrons. The number of carbonyl (C=O) groups is 1. The van der Waals surface area contributed by atoms with E-state index in [2.05, 4.69) is 0 Å². The number of phenolic OH excluding ortho intramolecular Hbond substituents is 1. The van der Waals surface area contributed by atoms with Crippen molar-refractivity contribution in [2.24, 2.45) is 0 Å². The van der Waals surface area contributed by atoms with E-state index < -0.39 is 0 Å². The molecule has 1 aromatic rings. The third-order valence-corrected chi connectivity index (χ3v) is 2.69. The van der Waals surface area contributed by atoms with Gasteiger partial charge < -0.3 is 5.11 Å². The molecular formula is C10H8O2S. The number of hydrogen-bond acceptors (Lipinski definition) is 3. The van der Waals surface area contributed by atoms with Crippen LogP contribution in [-0.2, 0) is 4.79 Å². The minimum atomic E-state index is 0.165. The molecule has 1 N–H and O–H groups in total. The summed E-state index contributed by atoms with van der Waals surface area (Å²) in [5.74, 6) is 0.239. The molecule has 0 bridgehead atoms. The fraction of sp³-hybridized carbons (Fsp3) is 0.100. The molecule has 0 saturated carbocycles. The Kier molecular flexibility index (Phi) is 2.10. The van der Waals surface area contributed by atoms with E-state index in [4.69, 9.17) is 0 Å². The monoisotopic (exact) mass is 192 g/mol. The van der Waals surface area contributed by atoms with E-state index in [-0.39, 0.29) is 10.9 Å². The van der Waals surface area contributed by atoms with Gasteiger partial charge in [-0.3, -0.25) is 4.79 Å². The summed E-state index contributed by atoms with van der Waals surface area (Å²) in [7, 11) is 0. The lowest BCUT2D eigenvalue weighted by atomic mass is 10.1. The second-order valence-corrected chi connectivity index (χ2v) is 3.79. The van der Waals surface area contributed by atoms with Crippen molar-refractivity contribution in [3.8, 4) is 5.75 Å². The standard InChI is InChI=1S/C10H8O2S/c11-9-3-1-2-7(4-9)8-5-10(12)13-6-8/h1-4,6,11H,5H2. The predicted molar refractivity (Wildman–Crippen MR) is 53.3 cm³/mol. The number of phenols is 1. The van der Waals surface area contributed by atoms with E-state index >= 15 is 0 Å². The number of aromatic hydroxyl groups is 1. The van der Waals surface area contributed by atoms with E-state index in [0.29, 0.717) is 6.42 Å². The van der Waals surface area contributed by atoms with Crippen molar-refractivity contribution in [1.82, 2.24) is 0 Å². The Hall–Kier alpha value is -1.22. The summed E-state index contributed by atoms with van der Waals surface area (Å²) in [4.78, 5) is 11.0. The van der Waals surface area contributed by atoms with Crippen LogP contribution in [0.1, 0.15) is 12.0 Å². The molecular weight excluding hydrogens is 184 g/mol. The fourth-order valence-electron chi connectivity index (χ4n) is 1.25. The second kappa shape index (κ2) is 3.26. The summed E-state index contributed by atoms with van der Waals surface area (Å²) < 4.78 is 0. The van der Waals surface area contributed by atoms with Crippen molar-refractivity contribution in [1.29, 1.82) is 0 Å². The maximum Gasteiger partial charge on any atom is 0.197 e. The zero-order valence-corrected chi connectivity index (χ0v) is 7.67. The van der Waals surface area contributed by atoms with Crippen molar-refractivity contribution < 1.29 is 9.90 Å². The fourth-order valence-corrected chi connectivity index (χ4v) is 1.98. The van der Waals surface area contributed by atoms with E-state index in [0.717, 1.165) is 11.1 Å². The van der Waals surface area contributed by atoms with Crippen LogP contribution in [0.4, 0.5) is 0 Å². The molecule has 0 unspecified atom stereocenters. The summed E-state index contributed by atoms with van der Waals surface area (Å²) >= 11 is 1.22. The number of allylic oxidation sites excluding steroid dienone is 1. The van der Waals surface area contributed by atoms with Crippen LogP contribution in [0.3, 0.4) is 0 Å². The molecule has 1 aliphatic rings. The van der Waals surface area contributed by atoms with Crippen LogP contribution in [0.25, 0.3) is 5.57 Å². The van der Waals surface area contributed by atoms with E-state index in [1.807, 2.05) is 11.5 Å². The SMILES string of the molecule is O=C1CC(c2cccc(O)c2)=CS1. The van der Waals surface area contributed by atoms with Gasteiger partial charge in [0.2, 0.25) is 0 Å². The molecule has 0 fully saturated rings. The molecule has 0 spiro atoms. The lowest BCUT2D eigenvalue weighted by Crippen LogP contribution is -1.85. The topological polar surface area (TPSA) is 37.3 Å². The molecule has 2 rings (SSSR count). The number of rotatable bonds is 1. The predicted octanol–water partition coefficient (Wildman–Crippen LogP) is 2.40. The van der Waals surface area contributed by atoms with Crippen molar-refractivity contribution in [2.45, 2.75) is 6.42 Å². The van der Waals surface area contributed by atoms with Gasteiger partial charge in [-0.15, -0.1) is 0 Å².